The SMILES string of the molecule is CC(NC(=O)C(N)Cc1ccc(O)cc1)C(=O)NC(CCCCN)C(=O)NC(CS)C(=O)O. The molecule has 33 heavy (non-hydrogen) atoms. The maximum Gasteiger partial charge on any atom is 0.327 e. The van der Waals surface area contributed by atoms with E-state index in [9.17, 15) is 24.3 Å². The van der Waals surface area contributed by atoms with E-state index in [1.807, 2.05) is 0 Å². The van der Waals surface area contributed by atoms with Crippen molar-refractivity contribution in [2.45, 2.75) is 56.8 Å². The number of aromatic hydroxyl groups is 1. The number of nitrogens with two attached hydrogens (primary N) is 2. The molecule has 3 amide bonds. The van der Waals surface area contributed by atoms with Crippen molar-refractivity contribution in [3.05, 3.63) is 29.8 Å². The Kier molecular flexibility index (Phi) is 12.3. The molecule has 0 aliphatic rings. The van der Waals surface area contributed by atoms with Gasteiger partial charge >= 0.3 is 5.97 Å². The van der Waals surface area contributed by atoms with E-state index in [2.05, 4.69) is 28.6 Å². The van der Waals surface area contributed by atoms with Crippen molar-refractivity contribution in [2.24, 2.45) is 11.5 Å². The van der Waals surface area contributed by atoms with Gasteiger partial charge in [0.15, 0.2) is 0 Å². The molecule has 0 radical (unpaired) electrons. The molecule has 0 aliphatic carbocycles. The van der Waals surface area contributed by atoms with E-state index in [0.29, 0.717) is 19.4 Å². The first-order valence-electron chi connectivity index (χ1n) is 10.6. The lowest BCUT2D eigenvalue weighted by atomic mass is 10.1. The van der Waals surface area contributed by atoms with Gasteiger partial charge < -0.3 is 37.6 Å². The van der Waals surface area contributed by atoms with Crippen molar-refractivity contribution >= 4 is 36.3 Å². The molecule has 0 bridgehead atoms. The molecule has 0 saturated carbocycles. The fraction of sp³-hybridized carbons (Fsp3) is 0.524. The van der Waals surface area contributed by atoms with Crippen LogP contribution in [0.5, 0.6) is 5.75 Å². The number of hydrogen-bond donors (Lipinski definition) is 8. The van der Waals surface area contributed by atoms with Crippen LogP contribution in [0.15, 0.2) is 24.3 Å². The topological polar surface area (TPSA) is 197 Å². The molecule has 4 atom stereocenters. The molecule has 0 aromatic heterocycles. The summed E-state index contributed by atoms with van der Waals surface area (Å²) in [6.07, 6.45) is 1.60. The fourth-order valence-electron chi connectivity index (χ4n) is 2.88. The summed E-state index contributed by atoms with van der Waals surface area (Å²) >= 11 is 3.91. The molecule has 0 fully saturated rings. The Bertz CT molecular complexity index is 807. The summed E-state index contributed by atoms with van der Waals surface area (Å²) < 4.78 is 0. The van der Waals surface area contributed by atoms with Crippen LogP contribution in [0.3, 0.4) is 0 Å². The van der Waals surface area contributed by atoms with Crippen LogP contribution in [0.2, 0.25) is 0 Å². The zero-order valence-electron chi connectivity index (χ0n) is 18.5. The Morgan fingerprint density at radius 2 is 1.58 bits per heavy atom. The number of carbonyl (C=O) groups is 4. The summed E-state index contributed by atoms with van der Waals surface area (Å²) in [5, 5.41) is 25.8. The number of carboxylic acid groups (broad SMARTS) is 1. The van der Waals surface area contributed by atoms with Gasteiger partial charge in [-0.05, 0) is 56.8 Å². The smallest absolute Gasteiger partial charge is 0.327 e. The highest BCUT2D eigenvalue weighted by Crippen LogP contribution is 2.11. The summed E-state index contributed by atoms with van der Waals surface area (Å²) in [5.41, 5.74) is 12.1. The molecule has 184 valence electrons. The van der Waals surface area contributed by atoms with E-state index in [1.54, 1.807) is 12.1 Å². The van der Waals surface area contributed by atoms with Crippen LogP contribution in [-0.4, -0.2) is 70.4 Å². The maximum absolute atomic E-state index is 12.6. The number of phenols is 1. The number of hydrogen-bond acceptors (Lipinski definition) is 8. The molecule has 0 aliphatic heterocycles. The van der Waals surface area contributed by atoms with E-state index in [4.69, 9.17) is 16.6 Å². The van der Waals surface area contributed by atoms with Gasteiger partial charge in [-0.1, -0.05) is 12.1 Å². The monoisotopic (exact) mass is 483 g/mol. The van der Waals surface area contributed by atoms with Crippen molar-refractivity contribution in [1.82, 2.24) is 16.0 Å². The number of phenolic OH excluding ortho intramolecular Hbond substituents is 1. The first-order valence-corrected chi connectivity index (χ1v) is 11.2. The second kappa shape index (κ2) is 14.3. The third kappa shape index (κ3) is 10.1. The number of carboxylic acids is 1. The predicted octanol–water partition coefficient (Wildman–Crippen LogP) is -1.12. The summed E-state index contributed by atoms with van der Waals surface area (Å²) in [6.45, 7) is 1.85. The number of rotatable bonds is 14. The molecule has 0 saturated heterocycles. The first kappa shape index (κ1) is 28.2. The van der Waals surface area contributed by atoms with E-state index in [0.717, 1.165) is 5.56 Å². The van der Waals surface area contributed by atoms with Gasteiger partial charge in [0, 0.05) is 5.75 Å². The highest BCUT2D eigenvalue weighted by molar-refractivity contribution is 7.80. The van der Waals surface area contributed by atoms with Gasteiger partial charge in [-0.2, -0.15) is 12.6 Å². The van der Waals surface area contributed by atoms with Crippen LogP contribution in [-0.2, 0) is 25.6 Å². The van der Waals surface area contributed by atoms with Crippen molar-refractivity contribution < 1.29 is 29.4 Å². The number of unbranched alkanes of at least 4 members (excludes halogenated alkanes) is 1. The average molecular weight is 484 g/mol. The van der Waals surface area contributed by atoms with Crippen LogP contribution in [0, 0.1) is 0 Å². The van der Waals surface area contributed by atoms with Gasteiger partial charge in [0.25, 0.3) is 0 Å². The third-order valence-electron chi connectivity index (χ3n) is 4.86. The zero-order chi connectivity index (χ0) is 25.0. The van der Waals surface area contributed by atoms with Crippen LogP contribution in [0.25, 0.3) is 0 Å². The largest absolute Gasteiger partial charge is 0.508 e. The highest BCUT2D eigenvalue weighted by Gasteiger charge is 2.28. The van der Waals surface area contributed by atoms with E-state index < -0.39 is 47.9 Å². The molecule has 9 N–H and O–H groups in total. The first-order chi connectivity index (χ1) is 15.6. The second-order valence-electron chi connectivity index (χ2n) is 7.63. The van der Waals surface area contributed by atoms with Gasteiger partial charge in [0.05, 0.1) is 6.04 Å². The third-order valence-corrected chi connectivity index (χ3v) is 5.22. The Labute approximate surface area is 198 Å². The maximum atomic E-state index is 12.6. The average Bonchev–Trinajstić information content (AvgIpc) is 2.77. The lowest BCUT2D eigenvalue weighted by molar-refractivity contribution is -0.141. The molecular formula is C21H33N5O6S. The van der Waals surface area contributed by atoms with Crippen molar-refractivity contribution in [3.8, 4) is 5.75 Å². The van der Waals surface area contributed by atoms with E-state index in [-0.39, 0.29) is 24.3 Å². The summed E-state index contributed by atoms with van der Waals surface area (Å²) in [7, 11) is 0. The molecular weight excluding hydrogens is 450 g/mol. The van der Waals surface area contributed by atoms with Crippen molar-refractivity contribution in [1.29, 1.82) is 0 Å². The van der Waals surface area contributed by atoms with E-state index in [1.165, 1.54) is 19.1 Å². The van der Waals surface area contributed by atoms with Crippen LogP contribution >= 0.6 is 12.6 Å². The van der Waals surface area contributed by atoms with Gasteiger partial charge in [-0.15, -0.1) is 0 Å². The minimum Gasteiger partial charge on any atom is -0.508 e. The van der Waals surface area contributed by atoms with Crippen molar-refractivity contribution in [3.63, 3.8) is 0 Å². The highest BCUT2D eigenvalue weighted by atomic mass is 32.1. The Morgan fingerprint density at radius 1 is 0.970 bits per heavy atom. The number of carbonyl (C=O) groups excluding carboxylic acids is 3. The molecule has 1 rings (SSSR count). The van der Waals surface area contributed by atoms with E-state index >= 15 is 0 Å². The predicted molar refractivity (Wildman–Crippen MR) is 126 cm³/mol. The van der Waals surface area contributed by atoms with Gasteiger partial charge in [0.1, 0.15) is 23.9 Å². The fourth-order valence-corrected chi connectivity index (χ4v) is 3.13. The molecule has 1 aromatic rings. The van der Waals surface area contributed by atoms with Crippen LogP contribution in [0.4, 0.5) is 0 Å². The summed E-state index contributed by atoms with van der Waals surface area (Å²) in [5.74, 6) is -3.11. The van der Waals surface area contributed by atoms with Crippen LogP contribution < -0.4 is 27.4 Å². The van der Waals surface area contributed by atoms with Gasteiger partial charge in [-0.25, -0.2) is 4.79 Å². The van der Waals surface area contributed by atoms with Gasteiger partial charge in [0.2, 0.25) is 17.7 Å². The Hall–Kier alpha value is -2.83. The van der Waals surface area contributed by atoms with Gasteiger partial charge in [-0.3, -0.25) is 14.4 Å². The molecule has 0 spiro atoms. The zero-order valence-corrected chi connectivity index (χ0v) is 19.4. The number of aliphatic carboxylic acids is 1. The minimum atomic E-state index is -1.24. The summed E-state index contributed by atoms with van der Waals surface area (Å²) in [4.78, 5) is 48.7. The normalized spacial score (nSPS) is 14.4. The summed E-state index contributed by atoms with van der Waals surface area (Å²) in [6, 6.07) is 2.11. The molecule has 12 heteroatoms. The standard InChI is InChI=1S/C21H33N5O6S/c1-12(24-19(29)15(23)10-13-5-7-14(27)8-6-13)18(28)25-16(4-2-3-9-22)20(30)26-17(11-33)21(31)32/h5-8,12,15-17,27,33H,2-4,9-11,22-23H2,1H3,(H,24,29)(H,25,28)(H,26,30)(H,31,32). The lowest BCUT2D eigenvalue weighted by Crippen LogP contribution is -2.56. The molecule has 4 unspecified atom stereocenters. The Balaban J connectivity index is 2.71. The molecule has 0 heterocycles. The number of thiol groups is 1. The van der Waals surface area contributed by atoms with Crippen molar-refractivity contribution in [2.75, 3.05) is 12.3 Å². The van der Waals surface area contributed by atoms with Crippen LogP contribution in [0.1, 0.15) is 31.7 Å². The molecule has 11 nitrogen and oxygen atoms in total. The number of benzene rings is 1. The molecule has 1 aromatic carbocycles. The lowest BCUT2D eigenvalue weighted by Gasteiger charge is -2.23. The number of amides is 3. The quantitative estimate of drug-likeness (QED) is 0.120. The Morgan fingerprint density at radius 3 is 2.12 bits per heavy atom. The second-order valence-corrected chi connectivity index (χ2v) is 8.00. The minimum absolute atomic E-state index is 0.0937. The number of nitrogens with one attached hydrogen (secondary N) is 3.